The average Bonchev–Trinajstić information content (AvgIpc) is 2.63. The van der Waals surface area contributed by atoms with Gasteiger partial charge in [0.15, 0.2) is 0 Å². The summed E-state index contributed by atoms with van der Waals surface area (Å²) in [6, 6.07) is 3.42. The van der Waals surface area contributed by atoms with Crippen LogP contribution in [0.5, 0.6) is 5.75 Å². The van der Waals surface area contributed by atoms with Crippen molar-refractivity contribution in [3.8, 4) is 5.75 Å². The molecular formula is C12H14FNO3. The Morgan fingerprint density at radius 1 is 1.47 bits per heavy atom. The van der Waals surface area contributed by atoms with Gasteiger partial charge in [0.2, 0.25) is 0 Å². The maximum Gasteiger partial charge on any atom is 0.253 e. The number of carbonyl (C=O) groups is 1. The Morgan fingerprint density at radius 3 is 2.82 bits per heavy atom. The van der Waals surface area contributed by atoms with E-state index in [1.54, 1.807) is 0 Å². The molecule has 1 heterocycles. The molecule has 1 aromatic rings. The van der Waals surface area contributed by atoms with E-state index in [-0.39, 0.29) is 23.4 Å². The van der Waals surface area contributed by atoms with Gasteiger partial charge in [-0.15, -0.1) is 0 Å². The van der Waals surface area contributed by atoms with Crippen LogP contribution in [0.25, 0.3) is 0 Å². The van der Waals surface area contributed by atoms with Crippen molar-refractivity contribution in [2.45, 2.75) is 32.0 Å². The van der Waals surface area contributed by atoms with E-state index in [1.807, 2.05) is 6.92 Å². The average molecular weight is 239 g/mol. The van der Waals surface area contributed by atoms with Crippen molar-refractivity contribution in [2.75, 3.05) is 5.32 Å². The lowest BCUT2D eigenvalue weighted by Crippen LogP contribution is -2.27. The highest BCUT2D eigenvalue weighted by molar-refractivity contribution is 5.94. The maximum atomic E-state index is 13.0. The Balaban J connectivity index is 2.03. The SMILES string of the molecule is CC1CCC(C(=O)Nc2cc(O)cc(F)c2)O1. The minimum Gasteiger partial charge on any atom is -0.508 e. The summed E-state index contributed by atoms with van der Waals surface area (Å²) < 4.78 is 18.4. The van der Waals surface area contributed by atoms with Crippen LogP contribution in [-0.4, -0.2) is 23.2 Å². The van der Waals surface area contributed by atoms with Gasteiger partial charge in [0, 0.05) is 17.8 Å². The van der Waals surface area contributed by atoms with Crippen molar-refractivity contribution in [3.63, 3.8) is 0 Å². The number of amides is 1. The molecule has 1 amide bonds. The Kier molecular flexibility index (Phi) is 3.28. The van der Waals surface area contributed by atoms with E-state index in [9.17, 15) is 14.3 Å². The van der Waals surface area contributed by atoms with E-state index < -0.39 is 11.9 Å². The van der Waals surface area contributed by atoms with Crippen molar-refractivity contribution in [1.82, 2.24) is 0 Å². The summed E-state index contributed by atoms with van der Waals surface area (Å²) in [5.41, 5.74) is 0.232. The molecule has 0 bridgehead atoms. The summed E-state index contributed by atoms with van der Waals surface area (Å²) in [5.74, 6) is -1.12. The van der Waals surface area contributed by atoms with Crippen molar-refractivity contribution in [3.05, 3.63) is 24.0 Å². The largest absolute Gasteiger partial charge is 0.508 e. The Labute approximate surface area is 98.4 Å². The number of aromatic hydroxyl groups is 1. The number of anilines is 1. The van der Waals surface area contributed by atoms with Crippen molar-refractivity contribution in [1.29, 1.82) is 0 Å². The summed E-state index contributed by atoms with van der Waals surface area (Å²) in [6.07, 6.45) is 1.09. The summed E-state index contributed by atoms with van der Waals surface area (Å²) in [7, 11) is 0. The zero-order valence-corrected chi connectivity index (χ0v) is 9.44. The number of phenolic OH excluding ortho intramolecular Hbond substituents is 1. The second-order valence-electron chi connectivity index (χ2n) is 4.20. The van der Waals surface area contributed by atoms with Gasteiger partial charge in [-0.3, -0.25) is 4.79 Å². The first-order valence-corrected chi connectivity index (χ1v) is 5.50. The third-order valence-electron chi connectivity index (χ3n) is 2.67. The number of hydrogen-bond acceptors (Lipinski definition) is 3. The fraction of sp³-hybridized carbons (Fsp3) is 0.417. The lowest BCUT2D eigenvalue weighted by Gasteiger charge is -2.11. The molecule has 1 aliphatic rings. The quantitative estimate of drug-likeness (QED) is 0.830. The molecule has 2 N–H and O–H groups in total. The van der Waals surface area contributed by atoms with E-state index >= 15 is 0 Å². The van der Waals surface area contributed by atoms with Gasteiger partial charge < -0.3 is 15.2 Å². The zero-order chi connectivity index (χ0) is 12.4. The van der Waals surface area contributed by atoms with Crippen LogP contribution >= 0.6 is 0 Å². The molecule has 5 heteroatoms. The van der Waals surface area contributed by atoms with Gasteiger partial charge in [0.25, 0.3) is 5.91 Å². The molecule has 1 fully saturated rings. The number of hydrogen-bond donors (Lipinski definition) is 2. The summed E-state index contributed by atoms with van der Waals surface area (Å²) in [5, 5.41) is 11.7. The number of benzene rings is 1. The van der Waals surface area contributed by atoms with Crippen LogP contribution in [0.15, 0.2) is 18.2 Å². The second kappa shape index (κ2) is 4.71. The third kappa shape index (κ3) is 2.94. The molecule has 0 aliphatic carbocycles. The highest BCUT2D eigenvalue weighted by Gasteiger charge is 2.28. The van der Waals surface area contributed by atoms with Gasteiger partial charge in [-0.1, -0.05) is 0 Å². The number of rotatable bonds is 2. The zero-order valence-electron chi connectivity index (χ0n) is 9.44. The molecule has 0 saturated carbocycles. The van der Waals surface area contributed by atoms with Crippen LogP contribution in [0, 0.1) is 5.82 Å². The van der Waals surface area contributed by atoms with Crippen LogP contribution < -0.4 is 5.32 Å². The van der Waals surface area contributed by atoms with Gasteiger partial charge in [-0.25, -0.2) is 4.39 Å². The fourth-order valence-electron chi connectivity index (χ4n) is 1.86. The van der Waals surface area contributed by atoms with Crippen molar-refractivity contribution < 1.29 is 19.0 Å². The highest BCUT2D eigenvalue weighted by Crippen LogP contribution is 2.22. The van der Waals surface area contributed by atoms with E-state index in [2.05, 4.69) is 5.32 Å². The van der Waals surface area contributed by atoms with Crippen molar-refractivity contribution >= 4 is 11.6 Å². The van der Waals surface area contributed by atoms with E-state index in [0.717, 1.165) is 18.6 Å². The number of ether oxygens (including phenoxy) is 1. The highest BCUT2D eigenvalue weighted by atomic mass is 19.1. The Bertz CT molecular complexity index is 416. The molecule has 92 valence electrons. The van der Waals surface area contributed by atoms with E-state index in [0.29, 0.717) is 6.42 Å². The number of halogens is 1. The number of nitrogens with one attached hydrogen (secondary N) is 1. The Hall–Kier alpha value is -1.62. The van der Waals surface area contributed by atoms with Gasteiger partial charge in [-0.2, -0.15) is 0 Å². The third-order valence-corrected chi connectivity index (χ3v) is 2.67. The molecule has 0 aromatic heterocycles. The van der Waals surface area contributed by atoms with Crippen LogP contribution in [0.4, 0.5) is 10.1 Å². The van der Waals surface area contributed by atoms with Gasteiger partial charge >= 0.3 is 0 Å². The predicted octanol–water partition coefficient (Wildman–Crippen LogP) is 2.04. The Morgan fingerprint density at radius 2 is 2.24 bits per heavy atom. The fourth-order valence-corrected chi connectivity index (χ4v) is 1.86. The first-order chi connectivity index (χ1) is 8.04. The molecule has 2 rings (SSSR count). The summed E-state index contributed by atoms with van der Waals surface area (Å²) >= 11 is 0. The minimum atomic E-state index is -0.596. The lowest BCUT2D eigenvalue weighted by atomic mass is 10.2. The number of carbonyl (C=O) groups excluding carboxylic acids is 1. The molecule has 2 unspecified atom stereocenters. The van der Waals surface area contributed by atoms with Crippen LogP contribution in [-0.2, 0) is 9.53 Å². The minimum absolute atomic E-state index is 0.0756. The first-order valence-electron chi connectivity index (χ1n) is 5.50. The molecule has 0 radical (unpaired) electrons. The topological polar surface area (TPSA) is 58.6 Å². The van der Waals surface area contributed by atoms with Gasteiger partial charge in [-0.05, 0) is 25.8 Å². The maximum absolute atomic E-state index is 13.0. The standard InChI is InChI=1S/C12H14FNO3/c1-7-2-3-11(17-7)12(16)14-9-4-8(13)5-10(15)6-9/h4-7,11,15H,2-3H2,1H3,(H,14,16). The van der Waals surface area contributed by atoms with Crippen LogP contribution in [0.2, 0.25) is 0 Å². The van der Waals surface area contributed by atoms with E-state index in [1.165, 1.54) is 6.07 Å². The van der Waals surface area contributed by atoms with Gasteiger partial charge in [0.05, 0.1) is 6.10 Å². The molecular weight excluding hydrogens is 225 g/mol. The van der Waals surface area contributed by atoms with E-state index in [4.69, 9.17) is 4.74 Å². The normalized spacial score (nSPS) is 23.6. The summed E-state index contributed by atoms with van der Waals surface area (Å²) in [4.78, 5) is 11.7. The van der Waals surface area contributed by atoms with Crippen molar-refractivity contribution in [2.24, 2.45) is 0 Å². The summed E-state index contributed by atoms with van der Waals surface area (Å²) in [6.45, 7) is 1.90. The van der Waals surface area contributed by atoms with Crippen LogP contribution in [0.1, 0.15) is 19.8 Å². The second-order valence-corrected chi connectivity index (χ2v) is 4.20. The molecule has 1 aliphatic heterocycles. The van der Waals surface area contributed by atoms with Gasteiger partial charge in [0.1, 0.15) is 17.7 Å². The molecule has 0 spiro atoms. The first kappa shape index (κ1) is 11.9. The monoisotopic (exact) mass is 239 g/mol. The molecule has 1 aromatic carbocycles. The molecule has 1 saturated heterocycles. The molecule has 17 heavy (non-hydrogen) atoms. The smallest absolute Gasteiger partial charge is 0.253 e. The number of phenols is 1. The van der Waals surface area contributed by atoms with Crippen LogP contribution in [0.3, 0.4) is 0 Å². The molecule has 4 nitrogen and oxygen atoms in total. The predicted molar refractivity (Wildman–Crippen MR) is 60.3 cm³/mol. The lowest BCUT2D eigenvalue weighted by molar-refractivity contribution is -0.126. The molecule has 2 atom stereocenters.